The fraction of sp³-hybridized carbons (Fsp3) is 0.0800. The minimum atomic E-state index is -0.0275. The standard InChI is InChI=1S/C25H21NO2/c1-18-7-6-10-22(15-18)26-24(20-8-4-3-5-9-20)17-21(25(26)27)16-19-11-13-23(28-2)14-12-19/h3-17H,1-2H3/b21-16+. The van der Waals surface area contributed by atoms with Gasteiger partial charge in [-0.05, 0) is 60.0 Å². The van der Waals surface area contributed by atoms with Gasteiger partial charge in [-0.2, -0.15) is 0 Å². The quantitative estimate of drug-likeness (QED) is 0.572. The lowest BCUT2D eigenvalue weighted by Gasteiger charge is -2.21. The number of aryl methyl sites for hydroxylation is 1. The fourth-order valence-corrected chi connectivity index (χ4v) is 3.34. The molecule has 0 aliphatic carbocycles. The summed E-state index contributed by atoms with van der Waals surface area (Å²) in [7, 11) is 1.64. The molecule has 0 radical (unpaired) electrons. The Bertz CT molecular complexity index is 1060. The van der Waals surface area contributed by atoms with Crippen LogP contribution in [0.1, 0.15) is 16.7 Å². The van der Waals surface area contributed by atoms with Crippen molar-refractivity contribution in [2.75, 3.05) is 12.0 Å². The molecule has 1 aliphatic heterocycles. The highest BCUT2D eigenvalue weighted by Gasteiger charge is 2.30. The van der Waals surface area contributed by atoms with Crippen LogP contribution in [0.2, 0.25) is 0 Å². The van der Waals surface area contributed by atoms with Crippen molar-refractivity contribution in [1.82, 2.24) is 0 Å². The van der Waals surface area contributed by atoms with Crippen LogP contribution in [0.4, 0.5) is 5.69 Å². The number of carbonyl (C=O) groups is 1. The molecular weight excluding hydrogens is 346 g/mol. The highest BCUT2D eigenvalue weighted by atomic mass is 16.5. The van der Waals surface area contributed by atoms with E-state index in [0.29, 0.717) is 5.57 Å². The third-order valence-electron chi connectivity index (χ3n) is 4.75. The molecule has 0 fully saturated rings. The minimum absolute atomic E-state index is 0.0275. The summed E-state index contributed by atoms with van der Waals surface area (Å²) in [4.78, 5) is 15.1. The van der Waals surface area contributed by atoms with Gasteiger partial charge in [0, 0.05) is 11.3 Å². The SMILES string of the molecule is COc1ccc(/C=C2\C=C(c3ccccc3)N(c3cccc(C)c3)C2=O)cc1. The lowest BCUT2D eigenvalue weighted by atomic mass is 10.1. The molecule has 3 nitrogen and oxygen atoms in total. The van der Waals surface area contributed by atoms with E-state index in [0.717, 1.165) is 33.8 Å². The summed E-state index contributed by atoms with van der Waals surface area (Å²) < 4.78 is 5.21. The van der Waals surface area contributed by atoms with Gasteiger partial charge in [-0.25, -0.2) is 0 Å². The first kappa shape index (κ1) is 17.8. The van der Waals surface area contributed by atoms with E-state index in [1.54, 1.807) is 12.0 Å². The van der Waals surface area contributed by atoms with Crippen molar-refractivity contribution in [1.29, 1.82) is 0 Å². The maximum Gasteiger partial charge on any atom is 0.262 e. The van der Waals surface area contributed by atoms with E-state index in [-0.39, 0.29) is 5.91 Å². The molecule has 3 aromatic rings. The number of methoxy groups -OCH3 is 1. The van der Waals surface area contributed by atoms with Crippen LogP contribution in [0.25, 0.3) is 11.8 Å². The van der Waals surface area contributed by atoms with Crippen LogP contribution in [0, 0.1) is 6.92 Å². The van der Waals surface area contributed by atoms with Crippen LogP contribution in [0.3, 0.4) is 0 Å². The summed E-state index contributed by atoms with van der Waals surface area (Å²) in [5.74, 6) is 0.766. The molecule has 3 heteroatoms. The molecule has 0 bridgehead atoms. The van der Waals surface area contributed by atoms with Gasteiger partial charge in [0.15, 0.2) is 0 Å². The Hall–Kier alpha value is -3.59. The Labute approximate surface area is 165 Å². The van der Waals surface area contributed by atoms with Crippen LogP contribution in [-0.2, 0) is 4.79 Å². The molecule has 0 saturated carbocycles. The highest BCUT2D eigenvalue weighted by Crippen LogP contribution is 2.35. The number of rotatable bonds is 4. The molecule has 28 heavy (non-hydrogen) atoms. The van der Waals surface area contributed by atoms with Crippen molar-refractivity contribution >= 4 is 23.4 Å². The lowest BCUT2D eigenvalue weighted by molar-refractivity contribution is -0.113. The van der Waals surface area contributed by atoms with Gasteiger partial charge in [0.05, 0.1) is 12.8 Å². The van der Waals surface area contributed by atoms with Gasteiger partial charge in [0.25, 0.3) is 5.91 Å². The summed E-state index contributed by atoms with van der Waals surface area (Å²) in [5.41, 5.74) is 5.50. The zero-order valence-corrected chi connectivity index (χ0v) is 15.9. The molecule has 4 rings (SSSR count). The van der Waals surface area contributed by atoms with E-state index in [4.69, 9.17) is 4.74 Å². The van der Waals surface area contributed by atoms with Crippen LogP contribution in [0.15, 0.2) is 90.5 Å². The summed E-state index contributed by atoms with van der Waals surface area (Å²) in [6, 6.07) is 25.7. The van der Waals surface area contributed by atoms with Crippen LogP contribution in [-0.4, -0.2) is 13.0 Å². The maximum atomic E-state index is 13.3. The smallest absolute Gasteiger partial charge is 0.262 e. The van der Waals surface area contributed by atoms with Crippen molar-refractivity contribution in [3.8, 4) is 5.75 Å². The normalized spacial score (nSPS) is 15.1. The molecule has 0 N–H and O–H groups in total. The van der Waals surface area contributed by atoms with Crippen molar-refractivity contribution in [2.24, 2.45) is 0 Å². The van der Waals surface area contributed by atoms with Crippen molar-refractivity contribution < 1.29 is 9.53 Å². The molecule has 1 aliphatic rings. The zero-order chi connectivity index (χ0) is 19.5. The molecule has 1 heterocycles. The average Bonchev–Trinajstić information content (AvgIpc) is 3.05. The van der Waals surface area contributed by atoms with E-state index in [9.17, 15) is 4.79 Å². The molecule has 0 aromatic heterocycles. The van der Waals surface area contributed by atoms with E-state index in [1.165, 1.54) is 0 Å². The second-order valence-corrected chi connectivity index (χ2v) is 6.75. The second kappa shape index (κ2) is 7.57. The van der Waals surface area contributed by atoms with E-state index in [2.05, 4.69) is 0 Å². The molecule has 0 atom stereocenters. The number of carbonyl (C=O) groups excluding carboxylic acids is 1. The van der Waals surface area contributed by atoms with Gasteiger partial charge in [-0.3, -0.25) is 9.69 Å². The van der Waals surface area contributed by atoms with E-state index < -0.39 is 0 Å². The Morgan fingerprint density at radius 2 is 1.64 bits per heavy atom. The maximum absolute atomic E-state index is 13.3. The fourth-order valence-electron chi connectivity index (χ4n) is 3.34. The number of anilines is 1. The first-order chi connectivity index (χ1) is 13.7. The Morgan fingerprint density at radius 3 is 2.32 bits per heavy atom. The minimum Gasteiger partial charge on any atom is -0.497 e. The van der Waals surface area contributed by atoms with Gasteiger partial charge in [0.2, 0.25) is 0 Å². The number of ether oxygens (including phenoxy) is 1. The highest BCUT2D eigenvalue weighted by molar-refractivity contribution is 6.23. The van der Waals surface area contributed by atoms with E-state index >= 15 is 0 Å². The molecule has 0 spiro atoms. The predicted molar refractivity (Wildman–Crippen MR) is 114 cm³/mol. The molecule has 138 valence electrons. The van der Waals surface area contributed by atoms with Crippen molar-refractivity contribution in [2.45, 2.75) is 6.92 Å². The summed E-state index contributed by atoms with van der Waals surface area (Å²) in [6.45, 7) is 2.03. The van der Waals surface area contributed by atoms with Crippen molar-refractivity contribution in [3.63, 3.8) is 0 Å². The summed E-state index contributed by atoms with van der Waals surface area (Å²) in [5, 5.41) is 0. The monoisotopic (exact) mass is 367 g/mol. The predicted octanol–water partition coefficient (Wildman–Crippen LogP) is 5.47. The molecule has 0 unspecified atom stereocenters. The van der Waals surface area contributed by atoms with Gasteiger partial charge >= 0.3 is 0 Å². The Balaban J connectivity index is 1.79. The summed E-state index contributed by atoms with van der Waals surface area (Å²) in [6.07, 6.45) is 3.88. The molecule has 0 saturated heterocycles. The molecular formula is C25H21NO2. The largest absolute Gasteiger partial charge is 0.497 e. The molecule has 3 aromatic carbocycles. The summed E-state index contributed by atoms with van der Waals surface area (Å²) >= 11 is 0. The topological polar surface area (TPSA) is 29.5 Å². The molecule has 1 amide bonds. The zero-order valence-electron chi connectivity index (χ0n) is 15.9. The first-order valence-corrected chi connectivity index (χ1v) is 9.20. The first-order valence-electron chi connectivity index (χ1n) is 9.20. The number of hydrogen-bond donors (Lipinski definition) is 0. The van der Waals surface area contributed by atoms with E-state index in [1.807, 2.05) is 97.9 Å². The number of nitrogens with zero attached hydrogens (tertiary/aromatic N) is 1. The van der Waals surface area contributed by atoms with Crippen LogP contribution < -0.4 is 9.64 Å². The Kier molecular flexibility index (Phi) is 4.81. The third kappa shape index (κ3) is 3.47. The number of hydrogen-bond acceptors (Lipinski definition) is 2. The van der Waals surface area contributed by atoms with Crippen molar-refractivity contribution in [3.05, 3.63) is 107 Å². The average molecular weight is 367 g/mol. The number of amides is 1. The van der Waals surface area contributed by atoms with Gasteiger partial charge < -0.3 is 4.74 Å². The van der Waals surface area contributed by atoms with Gasteiger partial charge in [0.1, 0.15) is 5.75 Å². The second-order valence-electron chi connectivity index (χ2n) is 6.75. The van der Waals surface area contributed by atoms with Crippen LogP contribution in [0.5, 0.6) is 5.75 Å². The van der Waals surface area contributed by atoms with Gasteiger partial charge in [-0.1, -0.05) is 54.6 Å². The Morgan fingerprint density at radius 1 is 0.893 bits per heavy atom. The van der Waals surface area contributed by atoms with Gasteiger partial charge in [-0.15, -0.1) is 0 Å². The number of benzene rings is 3. The van der Waals surface area contributed by atoms with Crippen LogP contribution >= 0.6 is 0 Å². The lowest BCUT2D eigenvalue weighted by Crippen LogP contribution is -2.25. The third-order valence-corrected chi connectivity index (χ3v) is 4.75.